The molecule has 3 aliphatic rings. The van der Waals surface area contributed by atoms with E-state index >= 15 is 0 Å². The topological polar surface area (TPSA) is 61.9 Å². The van der Waals surface area contributed by atoms with Crippen molar-refractivity contribution in [2.24, 2.45) is 0 Å². The van der Waals surface area contributed by atoms with Gasteiger partial charge in [0.15, 0.2) is 0 Å². The van der Waals surface area contributed by atoms with Crippen LogP contribution in [0.5, 0.6) is 0 Å². The predicted octanol–water partition coefficient (Wildman–Crippen LogP) is 0.900. The minimum atomic E-state index is -0.404. The van der Waals surface area contributed by atoms with E-state index in [9.17, 15) is 9.59 Å². The lowest BCUT2D eigenvalue weighted by Crippen LogP contribution is -2.61. The van der Waals surface area contributed by atoms with Crippen LogP contribution in [0.1, 0.15) is 33.0 Å². The molecule has 0 saturated carbocycles. The SMILES string of the molecule is O=C([C@@H]1CNCCN1C(=O)c1cc2c(s1)CCCC2)N1CCOCC1. The molecule has 1 aromatic rings. The Morgan fingerprint density at radius 3 is 2.76 bits per heavy atom. The molecule has 0 radical (unpaired) electrons. The zero-order chi connectivity index (χ0) is 17.2. The highest BCUT2D eigenvalue weighted by Gasteiger charge is 2.36. The molecule has 0 unspecified atom stereocenters. The fraction of sp³-hybridized carbons (Fsp3) is 0.667. The fourth-order valence-electron chi connectivity index (χ4n) is 3.90. The highest BCUT2D eigenvalue weighted by molar-refractivity contribution is 7.14. The van der Waals surface area contributed by atoms with Crippen LogP contribution in [0.15, 0.2) is 6.07 Å². The maximum atomic E-state index is 13.1. The van der Waals surface area contributed by atoms with Crippen LogP contribution in [0.4, 0.5) is 0 Å². The Balaban J connectivity index is 1.52. The van der Waals surface area contributed by atoms with E-state index in [4.69, 9.17) is 4.74 Å². The summed E-state index contributed by atoms with van der Waals surface area (Å²) in [6.45, 7) is 4.25. The Kier molecular flexibility index (Phi) is 5.05. The first kappa shape index (κ1) is 17.0. The number of thiophene rings is 1. The number of aryl methyl sites for hydroxylation is 2. The van der Waals surface area contributed by atoms with Crippen molar-refractivity contribution in [3.05, 3.63) is 21.4 Å². The van der Waals surface area contributed by atoms with Crippen LogP contribution in [0.25, 0.3) is 0 Å². The lowest BCUT2D eigenvalue weighted by Gasteiger charge is -2.38. The van der Waals surface area contributed by atoms with Gasteiger partial charge >= 0.3 is 0 Å². The van der Waals surface area contributed by atoms with E-state index in [2.05, 4.69) is 11.4 Å². The molecule has 1 N–H and O–H groups in total. The number of rotatable bonds is 2. The van der Waals surface area contributed by atoms with Crippen LogP contribution in [0, 0.1) is 0 Å². The average Bonchev–Trinajstić information content (AvgIpc) is 3.12. The Morgan fingerprint density at radius 2 is 1.96 bits per heavy atom. The van der Waals surface area contributed by atoms with Gasteiger partial charge in [0.05, 0.1) is 18.1 Å². The smallest absolute Gasteiger partial charge is 0.264 e. The molecular weight excluding hydrogens is 338 g/mol. The molecule has 7 heteroatoms. The van der Waals surface area contributed by atoms with Crippen molar-refractivity contribution in [2.75, 3.05) is 45.9 Å². The van der Waals surface area contributed by atoms with E-state index in [-0.39, 0.29) is 11.8 Å². The predicted molar refractivity (Wildman–Crippen MR) is 96.1 cm³/mol. The molecule has 3 heterocycles. The second-order valence-electron chi connectivity index (χ2n) is 6.92. The van der Waals surface area contributed by atoms with E-state index in [0.29, 0.717) is 39.4 Å². The molecule has 1 aliphatic carbocycles. The van der Waals surface area contributed by atoms with Gasteiger partial charge in [-0.25, -0.2) is 0 Å². The zero-order valence-corrected chi connectivity index (χ0v) is 15.3. The monoisotopic (exact) mass is 363 g/mol. The van der Waals surface area contributed by atoms with Crippen LogP contribution >= 0.6 is 11.3 Å². The number of carbonyl (C=O) groups excluding carboxylic acids is 2. The number of morpholine rings is 1. The van der Waals surface area contributed by atoms with Gasteiger partial charge in [0.2, 0.25) is 5.91 Å². The summed E-state index contributed by atoms with van der Waals surface area (Å²) in [5.74, 6) is 0.0673. The van der Waals surface area contributed by atoms with Crippen molar-refractivity contribution < 1.29 is 14.3 Å². The van der Waals surface area contributed by atoms with Crippen molar-refractivity contribution in [1.29, 1.82) is 0 Å². The zero-order valence-electron chi connectivity index (χ0n) is 14.5. The molecule has 2 fully saturated rings. The number of fused-ring (bicyclic) bond motifs is 1. The Bertz CT molecular complexity index is 630. The normalized spacial score (nSPS) is 24.1. The first-order chi connectivity index (χ1) is 12.2. The summed E-state index contributed by atoms with van der Waals surface area (Å²) >= 11 is 1.63. The van der Waals surface area contributed by atoms with E-state index in [1.165, 1.54) is 23.3 Å². The molecule has 6 nitrogen and oxygen atoms in total. The van der Waals surface area contributed by atoms with Crippen molar-refractivity contribution in [1.82, 2.24) is 15.1 Å². The van der Waals surface area contributed by atoms with Crippen molar-refractivity contribution >= 4 is 23.2 Å². The van der Waals surface area contributed by atoms with Gasteiger partial charge in [0.25, 0.3) is 5.91 Å². The number of ether oxygens (including phenoxy) is 1. The fourth-order valence-corrected chi connectivity index (χ4v) is 5.11. The molecule has 25 heavy (non-hydrogen) atoms. The maximum absolute atomic E-state index is 13.1. The molecule has 2 amide bonds. The van der Waals surface area contributed by atoms with E-state index < -0.39 is 6.04 Å². The minimum Gasteiger partial charge on any atom is -0.378 e. The quantitative estimate of drug-likeness (QED) is 0.848. The molecule has 2 aliphatic heterocycles. The van der Waals surface area contributed by atoms with Crippen molar-refractivity contribution in [3.8, 4) is 0 Å². The molecule has 0 spiro atoms. The van der Waals surface area contributed by atoms with Crippen LogP contribution in [0.2, 0.25) is 0 Å². The van der Waals surface area contributed by atoms with Crippen LogP contribution in [0.3, 0.4) is 0 Å². The van der Waals surface area contributed by atoms with Gasteiger partial charge in [-0.05, 0) is 37.3 Å². The summed E-state index contributed by atoms with van der Waals surface area (Å²) in [4.78, 5) is 31.8. The van der Waals surface area contributed by atoms with Gasteiger partial charge in [-0.2, -0.15) is 0 Å². The molecule has 2 saturated heterocycles. The molecule has 1 aromatic heterocycles. The third-order valence-corrected chi connectivity index (χ3v) is 6.54. The number of nitrogens with one attached hydrogen (secondary N) is 1. The summed E-state index contributed by atoms with van der Waals surface area (Å²) in [6, 6.07) is 1.67. The van der Waals surface area contributed by atoms with Gasteiger partial charge in [0.1, 0.15) is 6.04 Å². The largest absolute Gasteiger partial charge is 0.378 e. The first-order valence-electron chi connectivity index (χ1n) is 9.24. The first-order valence-corrected chi connectivity index (χ1v) is 10.1. The molecule has 4 rings (SSSR count). The van der Waals surface area contributed by atoms with Crippen molar-refractivity contribution in [2.45, 2.75) is 31.7 Å². The lowest BCUT2D eigenvalue weighted by molar-refractivity contribution is -0.140. The van der Waals surface area contributed by atoms with Crippen LogP contribution < -0.4 is 5.32 Å². The van der Waals surface area contributed by atoms with Gasteiger partial charge in [-0.3, -0.25) is 9.59 Å². The number of hydrogen-bond donors (Lipinski definition) is 1. The molecule has 0 aromatic carbocycles. The second-order valence-corrected chi connectivity index (χ2v) is 8.06. The van der Waals surface area contributed by atoms with E-state index in [1.807, 2.05) is 4.90 Å². The highest BCUT2D eigenvalue weighted by atomic mass is 32.1. The third kappa shape index (κ3) is 3.45. The number of piperazine rings is 1. The highest BCUT2D eigenvalue weighted by Crippen LogP contribution is 2.31. The van der Waals surface area contributed by atoms with E-state index in [0.717, 1.165) is 24.3 Å². The number of hydrogen-bond acceptors (Lipinski definition) is 5. The summed E-state index contributed by atoms with van der Waals surface area (Å²) in [5.41, 5.74) is 1.34. The van der Waals surface area contributed by atoms with Crippen LogP contribution in [-0.4, -0.2) is 73.6 Å². The maximum Gasteiger partial charge on any atom is 0.264 e. The van der Waals surface area contributed by atoms with E-state index in [1.54, 1.807) is 16.2 Å². The Hall–Kier alpha value is -1.44. The average molecular weight is 363 g/mol. The van der Waals surface area contributed by atoms with Gasteiger partial charge in [-0.15, -0.1) is 11.3 Å². The standard InChI is InChI=1S/C18H25N3O3S/c22-17(20-7-9-24-10-8-20)14-12-19-5-6-21(14)18(23)16-11-13-3-1-2-4-15(13)25-16/h11,14,19H,1-10,12H2/t14-/m0/s1. The van der Waals surface area contributed by atoms with Gasteiger partial charge in [-0.1, -0.05) is 0 Å². The Morgan fingerprint density at radius 1 is 1.16 bits per heavy atom. The van der Waals surface area contributed by atoms with Crippen LogP contribution in [-0.2, 0) is 22.4 Å². The van der Waals surface area contributed by atoms with Crippen molar-refractivity contribution in [3.63, 3.8) is 0 Å². The molecule has 1 atom stereocenters. The summed E-state index contributed by atoms with van der Waals surface area (Å²) in [6.07, 6.45) is 4.60. The van der Waals surface area contributed by atoms with Gasteiger partial charge in [0, 0.05) is 37.6 Å². The third-order valence-electron chi connectivity index (χ3n) is 5.32. The number of nitrogens with zero attached hydrogens (tertiary/aromatic N) is 2. The minimum absolute atomic E-state index is 0.0208. The molecular formula is C18H25N3O3S. The summed E-state index contributed by atoms with van der Waals surface area (Å²) < 4.78 is 5.34. The van der Waals surface area contributed by atoms with Gasteiger partial charge < -0.3 is 19.9 Å². The summed E-state index contributed by atoms with van der Waals surface area (Å²) in [5, 5.41) is 3.27. The molecule has 0 bridgehead atoms. The summed E-state index contributed by atoms with van der Waals surface area (Å²) in [7, 11) is 0. The number of carbonyl (C=O) groups is 2. The second kappa shape index (κ2) is 7.43. The Labute approximate surface area is 152 Å². The molecule has 136 valence electrons. The lowest BCUT2D eigenvalue weighted by atomic mass is 9.99. The number of amides is 2.